The van der Waals surface area contributed by atoms with Crippen molar-refractivity contribution in [2.24, 2.45) is 5.92 Å². The topological polar surface area (TPSA) is 21.3 Å². The summed E-state index contributed by atoms with van der Waals surface area (Å²) in [5.74, 6) is 0.786. The van der Waals surface area contributed by atoms with Crippen molar-refractivity contribution in [1.82, 2.24) is 5.32 Å². The van der Waals surface area contributed by atoms with Crippen LogP contribution in [0.2, 0.25) is 0 Å². The van der Waals surface area contributed by atoms with Crippen LogP contribution >= 0.6 is 11.3 Å². The number of hydrogen-bond acceptors (Lipinski definition) is 3. The van der Waals surface area contributed by atoms with Crippen LogP contribution in [0, 0.1) is 5.92 Å². The summed E-state index contributed by atoms with van der Waals surface area (Å²) in [6.45, 7) is 5.14. The van der Waals surface area contributed by atoms with Crippen LogP contribution in [-0.4, -0.2) is 25.8 Å². The zero-order valence-electron chi connectivity index (χ0n) is 9.95. The first-order valence-electron chi connectivity index (χ1n) is 6.22. The zero-order chi connectivity index (χ0) is 11.2. The summed E-state index contributed by atoms with van der Waals surface area (Å²) in [5.41, 5.74) is 1.47. The van der Waals surface area contributed by atoms with Crippen LogP contribution in [0.4, 0.5) is 0 Å². The van der Waals surface area contributed by atoms with Crippen molar-refractivity contribution in [2.45, 2.75) is 32.2 Å². The van der Waals surface area contributed by atoms with Crippen molar-refractivity contribution in [1.29, 1.82) is 0 Å². The maximum Gasteiger partial charge on any atom is 0.0469 e. The van der Waals surface area contributed by atoms with E-state index in [-0.39, 0.29) is 0 Å². The Morgan fingerprint density at radius 2 is 2.31 bits per heavy atom. The van der Waals surface area contributed by atoms with Gasteiger partial charge in [0.25, 0.3) is 0 Å². The lowest BCUT2D eigenvalue weighted by Crippen LogP contribution is -2.40. The summed E-state index contributed by atoms with van der Waals surface area (Å²) in [7, 11) is 0. The molecule has 2 rings (SSSR count). The van der Waals surface area contributed by atoms with E-state index in [4.69, 9.17) is 4.74 Å². The molecule has 0 radical (unpaired) electrons. The molecular formula is C13H21NOS. The van der Waals surface area contributed by atoms with Crippen molar-refractivity contribution in [3.63, 3.8) is 0 Å². The summed E-state index contributed by atoms with van der Waals surface area (Å²) < 4.78 is 5.44. The number of likely N-dealkylation sites (N-methyl/N-ethyl adjacent to an activating group) is 1. The standard InChI is InChI=1S/C13H21NOS/c1-2-14-13(9-11-5-8-16-10-11)12-3-6-15-7-4-12/h5,8,10,12-14H,2-4,6-7,9H2,1H3. The van der Waals surface area contributed by atoms with E-state index in [9.17, 15) is 0 Å². The summed E-state index contributed by atoms with van der Waals surface area (Å²) in [6.07, 6.45) is 3.59. The molecule has 1 atom stereocenters. The van der Waals surface area contributed by atoms with Crippen molar-refractivity contribution in [3.05, 3.63) is 22.4 Å². The highest BCUT2D eigenvalue weighted by atomic mass is 32.1. The van der Waals surface area contributed by atoms with E-state index in [1.807, 2.05) is 0 Å². The number of thiophene rings is 1. The van der Waals surface area contributed by atoms with Gasteiger partial charge in [-0.3, -0.25) is 0 Å². The third kappa shape index (κ3) is 3.30. The fourth-order valence-corrected chi connectivity index (χ4v) is 3.13. The van der Waals surface area contributed by atoms with Crippen molar-refractivity contribution >= 4 is 11.3 Å². The summed E-state index contributed by atoms with van der Waals surface area (Å²) in [4.78, 5) is 0. The monoisotopic (exact) mass is 239 g/mol. The van der Waals surface area contributed by atoms with Gasteiger partial charge >= 0.3 is 0 Å². The van der Waals surface area contributed by atoms with Crippen LogP contribution in [0.25, 0.3) is 0 Å². The number of hydrogen-bond donors (Lipinski definition) is 1. The Morgan fingerprint density at radius 3 is 2.94 bits per heavy atom. The molecule has 1 aromatic heterocycles. The summed E-state index contributed by atoms with van der Waals surface area (Å²) in [5, 5.41) is 8.08. The molecule has 0 aromatic carbocycles. The minimum absolute atomic E-state index is 0.628. The molecule has 1 unspecified atom stereocenters. The van der Waals surface area contributed by atoms with E-state index in [2.05, 4.69) is 29.1 Å². The predicted octanol–water partition coefficient (Wildman–Crippen LogP) is 2.70. The van der Waals surface area contributed by atoms with Crippen LogP contribution in [0.3, 0.4) is 0 Å². The molecule has 1 aliphatic heterocycles. The van der Waals surface area contributed by atoms with E-state index in [1.54, 1.807) is 11.3 Å². The van der Waals surface area contributed by atoms with Crippen LogP contribution in [0.15, 0.2) is 16.8 Å². The Kier molecular flexibility index (Phi) is 4.82. The molecule has 0 amide bonds. The molecule has 1 fully saturated rings. The van der Waals surface area contributed by atoms with Gasteiger partial charge in [-0.2, -0.15) is 11.3 Å². The third-order valence-corrected chi connectivity index (χ3v) is 4.07. The Labute approximate surface area is 102 Å². The zero-order valence-corrected chi connectivity index (χ0v) is 10.8. The molecule has 0 saturated carbocycles. The van der Waals surface area contributed by atoms with Crippen LogP contribution in [0.5, 0.6) is 0 Å². The van der Waals surface area contributed by atoms with Gasteiger partial charge in [0.05, 0.1) is 0 Å². The lowest BCUT2D eigenvalue weighted by atomic mass is 9.88. The van der Waals surface area contributed by atoms with Gasteiger partial charge in [-0.1, -0.05) is 6.92 Å². The van der Waals surface area contributed by atoms with E-state index < -0.39 is 0 Å². The van der Waals surface area contributed by atoms with Gasteiger partial charge in [0.1, 0.15) is 0 Å². The quantitative estimate of drug-likeness (QED) is 0.853. The molecule has 1 aliphatic rings. The second-order valence-corrected chi connectivity index (χ2v) is 5.23. The van der Waals surface area contributed by atoms with Gasteiger partial charge < -0.3 is 10.1 Å². The maximum atomic E-state index is 5.44. The molecule has 2 heterocycles. The Balaban J connectivity index is 1.92. The largest absolute Gasteiger partial charge is 0.381 e. The van der Waals surface area contributed by atoms with Crippen LogP contribution < -0.4 is 5.32 Å². The number of rotatable bonds is 5. The highest BCUT2D eigenvalue weighted by Crippen LogP contribution is 2.22. The van der Waals surface area contributed by atoms with Crippen molar-refractivity contribution < 1.29 is 4.74 Å². The molecule has 1 saturated heterocycles. The average Bonchev–Trinajstić information content (AvgIpc) is 2.83. The van der Waals surface area contributed by atoms with Crippen molar-refractivity contribution in [2.75, 3.05) is 19.8 Å². The smallest absolute Gasteiger partial charge is 0.0469 e. The molecule has 0 aliphatic carbocycles. The molecule has 0 spiro atoms. The molecule has 90 valence electrons. The molecule has 3 heteroatoms. The minimum Gasteiger partial charge on any atom is -0.381 e. The van der Waals surface area contributed by atoms with Gasteiger partial charge in [0.2, 0.25) is 0 Å². The van der Waals surface area contributed by atoms with Gasteiger partial charge in [0.15, 0.2) is 0 Å². The second-order valence-electron chi connectivity index (χ2n) is 4.45. The lowest BCUT2D eigenvalue weighted by Gasteiger charge is -2.30. The van der Waals surface area contributed by atoms with Gasteiger partial charge in [-0.15, -0.1) is 0 Å². The van der Waals surface area contributed by atoms with E-state index in [0.717, 1.165) is 25.7 Å². The Morgan fingerprint density at radius 1 is 1.50 bits per heavy atom. The van der Waals surface area contributed by atoms with Crippen LogP contribution in [0.1, 0.15) is 25.3 Å². The van der Waals surface area contributed by atoms with Gasteiger partial charge in [-0.25, -0.2) is 0 Å². The van der Waals surface area contributed by atoms with Crippen LogP contribution in [-0.2, 0) is 11.2 Å². The van der Waals surface area contributed by atoms with E-state index in [0.29, 0.717) is 6.04 Å². The average molecular weight is 239 g/mol. The van der Waals surface area contributed by atoms with E-state index in [1.165, 1.54) is 24.8 Å². The molecule has 1 aromatic rings. The van der Waals surface area contributed by atoms with Crippen molar-refractivity contribution in [3.8, 4) is 0 Å². The first kappa shape index (κ1) is 12.1. The fourth-order valence-electron chi connectivity index (χ4n) is 2.45. The Bertz CT molecular complexity index is 280. The maximum absolute atomic E-state index is 5.44. The van der Waals surface area contributed by atoms with E-state index >= 15 is 0 Å². The first-order chi connectivity index (χ1) is 7.90. The number of ether oxygens (including phenoxy) is 1. The first-order valence-corrected chi connectivity index (χ1v) is 7.16. The third-order valence-electron chi connectivity index (χ3n) is 3.34. The highest BCUT2D eigenvalue weighted by molar-refractivity contribution is 7.07. The fraction of sp³-hybridized carbons (Fsp3) is 0.692. The molecular weight excluding hydrogens is 218 g/mol. The summed E-state index contributed by atoms with van der Waals surface area (Å²) >= 11 is 1.79. The number of nitrogens with one attached hydrogen (secondary N) is 1. The molecule has 1 N–H and O–H groups in total. The minimum atomic E-state index is 0.628. The van der Waals surface area contributed by atoms with Gasteiger partial charge in [-0.05, 0) is 54.1 Å². The molecule has 0 bridgehead atoms. The summed E-state index contributed by atoms with van der Waals surface area (Å²) in [6, 6.07) is 2.87. The molecule has 2 nitrogen and oxygen atoms in total. The second kappa shape index (κ2) is 6.38. The Hall–Kier alpha value is -0.380. The van der Waals surface area contributed by atoms with Gasteiger partial charge in [0, 0.05) is 19.3 Å². The normalized spacial score (nSPS) is 19.8. The lowest BCUT2D eigenvalue weighted by molar-refractivity contribution is 0.0540. The SMILES string of the molecule is CCNC(Cc1ccsc1)C1CCOCC1. The predicted molar refractivity (Wildman–Crippen MR) is 69.0 cm³/mol. The highest BCUT2D eigenvalue weighted by Gasteiger charge is 2.23. The molecule has 16 heavy (non-hydrogen) atoms.